The molecule has 0 aliphatic rings. The molecule has 18 heavy (non-hydrogen) atoms. The van der Waals surface area contributed by atoms with Crippen LogP contribution in [0.3, 0.4) is 0 Å². The Kier molecular flexibility index (Phi) is 4.15. The van der Waals surface area contributed by atoms with Gasteiger partial charge in [-0.05, 0) is 24.5 Å². The Bertz CT molecular complexity index is 572. The summed E-state index contributed by atoms with van der Waals surface area (Å²) in [5, 5.41) is 0.577. The van der Waals surface area contributed by atoms with Crippen LogP contribution in [-0.2, 0) is 0 Å². The lowest BCUT2D eigenvalue weighted by atomic mass is 10.0. The van der Waals surface area contributed by atoms with Crippen LogP contribution >= 0.6 is 23.4 Å². The molecule has 0 atom stereocenters. The second kappa shape index (κ2) is 5.63. The summed E-state index contributed by atoms with van der Waals surface area (Å²) < 4.78 is 19.0. The summed E-state index contributed by atoms with van der Waals surface area (Å²) in [6.45, 7) is 0. The van der Waals surface area contributed by atoms with Gasteiger partial charge in [0, 0.05) is 16.1 Å². The van der Waals surface area contributed by atoms with Crippen molar-refractivity contribution in [3.63, 3.8) is 0 Å². The highest BCUT2D eigenvalue weighted by Gasteiger charge is 2.14. The highest BCUT2D eigenvalue weighted by atomic mass is 35.5. The first-order valence-electron chi connectivity index (χ1n) is 5.33. The van der Waals surface area contributed by atoms with Gasteiger partial charge in [0.05, 0.1) is 12.0 Å². The first kappa shape index (κ1) is 13.2. The van der Waals surface area contributed by atoms with Gasteiger partial charge in [0.15, 0.2) is 0 Å². The van der Waals surface area contributed by atoms with Crippen LogP contribution in [0.2, 0.25) is 5.02 Å². The molecule has 2 aromatic rings. The molecule has 0 saturated carbocycles. The van der Waals surface area contributed by atoms with Gasteiger partial charge in [-0.1, -0.05) is 29.8 Å². The maximum atomic E-state index is 13.6. The standard InChI is InChI=1S/C14H12ClFOS/c1-17-14-11(7-9(16)8-13(14)18-2)10-5-3-4-6-12(10)15/h3-8H,1-2H3. The number of hydrogen-bond acceptors (Lipinski definition) is 2. The van der Waals surface area contributed by atoms with E-state index in [0.29, 0.717) is 16.3 Å². The van der Waals surface area contributed by atoms with Crippen molar-refractivity contribution >= 4 is 23.4 Å². The molecule has 0 spiro atoms. The summed E-state index contributed by atoms with van der Waals surface area (Å²) in [6, 6.07) is 10.2. The van der Waals surface area contributed by atoms with E-state index in [2.05, 4.69) is 0 Å². The molecule has 0 unspecified atom stereocenters. The van der Waals surface area contributed by atoms with E-state index < -0.39 is 0 Å². The fraction of sp³-hybridized carbons (Fsp3) is 0.143. The maximum absolute atomic E-state index is 13.6. The quantitative estimate of drug-likeness (QED) is 0.742. The third-order valence-electron chi connectivity index (χ3n) is 2.61. The van der Waals surface area contributed by atoms with Crippen molar-refractivity contribution in [2.45, 2.75) is 4.90 Å². The predicted molar refractivity (Wildman–Crippen MR) is 75.2 cm³/mol. The van der Waals surface area contributed by atoms with Gasteiger partial charge in [-0.15, -0.1) is 11.8 Å². The number of thioether (sulfide) groups is 1. The Morgan fingerprint density at radius 1 is 1.17 bits per heavy atom. The third-order valence-corrected chi connectivity index (χ3v) is 3.68. The molecular formula is C14H12ClFOS. The summed E-state index contributed by atoms with van der Waals surface area (Å²) in [4.78, 5) is 0.757. The summed E-state index contributed by atoms with van der Waals surface area (Å²) in [6.07, 6.45) is 1.88. The Labute approximate surface area is 115 Å². The minimum absolute atomic E-state index is 0.296. The monoisotopic (exact) mass is 282 g/mol. The van der Waals surface area contributed by atoms with Crippen LogP contribution in [-0.4, -0.2) is 13.4 Å². The summed E-state index contributed by atoms with van der Waals surface area (Å²) in [5.41, 5.74) is 1.44. The number of benzene rings is 2. The third kappa shape index (κ3) is 2.47. The largest absolute Gasteiger partial charge is 0.495 e. The molecule has 94 valence electrons. The zero-order chi connectivity index (χ0) is 13.1. The molecule has 1 nitrogen and oxygen atoms in total. The maximum Gasteiger partial charge on any atom is 0.140 e. The zero-order valence-electron chi connectivity index (χ0n) is 10.0. The Hall–Kier alpha value is -1.19. The van der Waals surface area contributed by atoms with Gasteiger partial charge in [0.25, 0.3) is 0 Å². The average molecular weight is 283 g/mol. The fourth-order valence-corrected chi connectivity index (χ4v) is 2.66. The average Bonchev–Trinajstić information content (AvgIpc) is 2.38. The fourth-order valence-electron chi connectivity index (χ4n) is 1.81. The van der Waals surface area contributed by atoms with Crippen molar-refractivity contribution in [1.29, 1.82) is 0 Å². The minimum atomic E-state index is -0.296. The second-order valence-corrected chi connectivity index (χ2v) is 4.92. The molecule has 0 fully saturated rings. The van der Waals surface area contributed by atoms with E-state index in [4.69, 9.17) is 16.3 Å². The summed E-state index contributed by atoms with van der Waals surface area (Å²) in [5.74, 6) is 0.354. The first-order valence-corrected chi connectivity index (χ1v) is 6.94. The van der Waals surface area contributed by atoms with Crippen molar-refractivity contribution in [3.05, 3.63) is 47.2 Å². The van der Waals surface area contributed by atoms with Crippen molar-refractivity contribution < 1.29 is 9.13 Å². The molecule has 0 aromatic heterocycles. The van der Waals surface area contributed by atoms with Crippen LogP contribution in [0, 0.1) is 5.82 Å². The van der Waals surface area contributed by atoms with E-state index >= 15 is 0 Å². The van der Waals surface area contributed by atoms with Crippen LogP contribution < -0.4 is 4.74 Å². The molecule has 0 heterocycles. The van der Waals surface area contributed by atoms with Crippen molar-refractivity contribution in [2.24, 2.45) is 0 Å². The second-order valence-electron chi connectivity index (χ2n) is 3.67. The van der Waals surface area contributed by atoms with Crippen LogP contribution in [0.1, 0.15) is 0 Å². The van der Waals surface area contributed by atoms with Crippen LogP contribution in [0.25, 0.3) is 11.1 Å². The Balaban J connectivity index is 2.70. The molecule has 0 saturated heterocycles. The molecule has 0 amide bonds. The lowest BCUT2D eigenvalue weighted by Crippen LogP contribution is -1.93. The highest BCUT2D eigenvalue weighted by Crippen LogP contribution is 2.40. The molecule has 0 aliphatic carbocycles. The molecule has 4 heteroatoms. The van der Waals surface area contributed by atoms with Gasteiger partial charge in [-0.3, -0.25) is 0 Å². The number of halogens is 2. The van der Waals surface area contributed by atoms with Gasteiger partial charge < -0.3 is 4.74 Å². The van der Waals surface area contributed by atoms with Gasteiger partial charge >= 0.3 is 0 Å². The number of methoxy groups -OCH3 is 1. The number of rotatable bonds is 3. The minimum Gasteiger partial charge on any atom is -0.495 e. The van der Waals surface area contributed by atoms with E-state index in [1.807, 2.05) is 24.5 Å². The van der Waals surface area contributed by atoms with Crippen LogP contribution in [0.15, 0.2) is 41.3 Å². The number of hydrogen-bond donors (Lipinski definition) is 0. The lowest BCUT2D eigenvalue weighted by molar-refractivity contribution is 0.405. The topological polar surface area (TPSA) is 9.23 Å². The van der Waals surface area contributed by atoms with Gasteiger partial charge in [-0.25, -0.2) is 4.39 Å². The molecule has 0 bridgehead atoms. The molecule has 0 aliphatic heterocycles. The van der Waals surface area contributed by atoms with E-state index in [1.54, 1.807) is 13.2 Å². The van der Waals surface area contributed by atoms with Crippen molar-refractivity contribution in [3.8, 4) is 16.9 Å². The van der Waals surface area contributed by atoms with Gasteiger partial charge in [0.1, 0.15) is 11.6 Å². The van der Waals surface area contributed by atoms with Gasteiger partial charge in [0.2, 0.25) is 0 Å². The lowest BCUT2D eigenvalue weighted by Gasteiger charge is -2.13. The SMILES string of the molecule is COc1c(SC)cc(F)cc1-c1ccccc1Cl. The Morgan fingerprint density at radius 3 is 2.50 bits per heavy atom. The Morgan fingerprint density at radius 2 is 1.89 bits per heavy atom. The highest BCUT2D eigenvalue weighted by molar-refractivity contribution is 7.98. The number of ether oxygens (including phenoxy) is 1. The molecule has 0 N–H and O–H groups in total. The van der Waals surface area contributed by atoms with Crippen LogP contribution in [0.4, 0.5) is 4.39 Å². The van der Waals surface area contributed by atoms with Crippen molar-refractivity contribution in [1.82, 2.24) is 0 Å². The van der Waals surface area contributed by atoms with Crippen molar-refractivity contribution in [2.75, 3.05) is 13.4 Å². The predicted octanol–water partition coefficient (Wildman–Crippen LogP) is 4.88. The summed E-state index contributed by atoms with van der Waals surface area (Å²) in [7, 11) is 1.58. The zero-order valence-corrected chi connectivity index (χ0v) is 11.6. The molecular weight excluding hydrogens is 271 g/mol. The van der Waals surface area contributed by atoms with E-state index in [0.717, 1.165) is 10.5 Å². The smallest absolute Gasteiger partial charge is 0.140 e. The normalized spacial score (nSPS) is 10.4. The molecule has 0 radical (unpaired) electrons. The first-order chi connectivity index (χ1) is 8.67. The summed E-state index contributed by atoms with van der Waals surface area (Å²) >= 11 is 7.59. The molecule has 2 rings (SSSR count). The van der Waals surface area contributed by atoms with E-state index in [-0.39, 0.29) is 5.82 Å². The van der Waals surface area contributed by atoms with E-state index in [1.165, 1.54) is 23.9 Å². The molecule has 2 aromatic carbocycles. The van der Waals surface area contributed by atoms with Crippen LogP contribution in [0.5, 0.6) is 5.75 Å². The van der Waals surface area contributed by atoms with E-state index in [9.17, 15) is 4.39 Å². The van der Waals surface area contributed by atoms with Gasteiger partial charge in [-0.2, -0.15) is 0 Å².